The summed E-state index contributed by atoms with van der Waals surface area (Å²) in [5.74, 6) is -0.864. The van der Waals surface area contributed by atoms with Gasteiger partial charge >= 0.3 is 5.97 Å². The number of carboxylic acids is 1. The van der Waals surface area contributed by atoms with Gasteiger partial charge in [0.2, 0.25) is 0 Å². The van der Waals surface area contributed by atoms with Gasteiger partial charge in [0, 0.05) is 23.9 Å². The Labute approximate surface area is 140 Å². The first kappa shape index (κ1) is 17.8. The quantitative estimate of drug-likeness (QED) is 0.676. The molecule has 5 nitrogen and oxygen atoms in total. The summed E-state index contributed by atoms with van der Waals surface area (Å²) in [6.45, 7) is 0. The summed E-state index contributed by atoms with van der Waals surface area (Å²) in [7, 11) is 0. The third kappa shape index (κ3) is 5.55. The third-order valence-electron chi connectivity index (χ3n) is 4.30. The number of carbonyl (C=O) groups is 2. The summed E-state index contributed by atoms with van der Waals surface area (Å²) in [4.78, 5) is 26.7. The molecule has 1 aliphatic rings. The fourth-order valence-corrected chi connectivity index (χ4v) is 3.62. The molecular formula is C17H23NO4S. The number of hydrogen-bond acceptors (Lipinski definition) is 5. The first-order chi connectivity index (χ1) is 11.1. The molecule has 1 heterocycles. The molecule has 126 valence electrons. The van der Waals surface area contributed by atoms with Crippen molar-refractivity contribution in [1.29, 1.82) is 0 Å². The first-order valence-electron chi connectivity index (χ1n) is 8.09. The number of hydrogen-bond donors (Lipinski definition) is 2. The number of aromatic nitrogens is 1. The number of Topliss-reactive ketones (excluding diaryl/α,β-unsaturated/α-hetero) is 1. The highest BCUT2D eigenvalue weighted by molar-refractivity contribution is 7.10. The van der Waals surface area contributed by atoms with Crippen LogP contribution >= 0.6 is 11.3 Å². The Bertz CT molecular complexity index is 541. The van der Waals surface area contributed by atoms with Crippen LogP contribution in [0.1, 0.15) is 50.0 Å². The highest BCUT2D eigenvalue weighted by Gasteiger charge is 2.39. The smallest absolute Gasteiger partial charge is 0.303 e. The highest BCUT2D eigenvalue weighted by Crippen LogP contribution is 2.34. The van der Waals surface area contributed by atoms with E-state index >= 15 is 0 Å². The van der Waals surface area contributed by atoms with Crippen LogP contribution in [-0.4, -0.2) is 33.1 Å². The van der Waals surface area contributed by atoms with E-state index in [0.717, 1.165) is 30.7 Å². The van der Waals surface area contributed by atoms with Crippen LogP contribution in [0.4, 0.5) is 0 Å². The molecule has 0 bridgehead atoms. The SMILES string of the molecule is O=C(O)CCCCCCC1C(=O)C(O)CC1C=Cc1nccs1. The van der Waals surface area contributed by atoms with Crippen molar-refractivity contribution in [3.63, 3.8) is 0 Å². The predicted molar refractivity (Wildman–Crippen MR) is 89.1 cm³/mol. The molecular weight excluding hydrogens is 314 g/mol. The van der Waals surface area contributed by atoms with Gasteiger partial charge in [-0.15, -0.1) is 11.3 Å². The Morgan fingerprint density at radius 3 is 2.83 bits per heavy atom. The minimum absolute atomic E-state index is 0.0516. The summed E-state index contributed by atoms with van der Waals surface area (Å²) in [5, 5.41) is 21.2. The number of ketones is 1. The summed E-state index contributed by atoms with van der Waals surface area (Å²) >= 11 is 1.55. The van der Waals surface area contributed by atoms with Crippen LogP contribution in [0.5, 0.6) is 0 Å². The van der Waals surface area contributed by atoms with Crippen molar-refractivity contribution < 1.29 is 19.8 Å². The lowest BCUT2D eigenvalue weighted by molar-refractivity contribution is -0.137. The molecule has 1 saturated carbocycles. The third-order valence-corrected chi connectivity index (χ3v) is 5.04. The van der Waals surface area contributed by atoms with Gasteiger partial charge < -0.3 is 10.2 Å². The van der Waals surface area contributed by atoms with Crippen LogP contribution in [0.15, 0.2) is 17.7 Å². The molecule has 0 spiro atoms. The average Bonchev–Trinajstić information content (AvgIpc) is 3.11. The number of aliphatic hydroxyl groups is 1. The molecule has 0 aliphatic heterocycles. The molecule has 6 heteroatoms. The van der Waals surface area contributed by atoms with Crippen molar-refractivity contribution in [3.05, 3.63) is 22.7 Å². The molecule has 1 aromatic rings. The summed E-state index contributed by atoms with van der Waals surface area (Å²) in [6.07, 6.45) is 9.66. The maximum Gasteiger partial charge on any atom is 0.303 e. The molecule has 3 atom stereocenters. The van der Waals surface area contributed by atoms with Crippen molar-refractivity contribution in [2.45, 2.75) is 51.0 Å². The van der Waals surface area contributed by atoms with Gasteiger partial charge in [-0.05, 0) is 31.3 Å². The highest BCUT2D eigenvalue weighted by atomic mass is 32.1. The molecule has 23 heavy (non-hydrogen) atoms. The lowest BCUT2D eigenvalue weighted by Crippen LogP contribution is -2.19. The van der Waals surface area contributed by atoms with Gasteiger partial charge in [-0.1, -0.05) is 25.3 Å². The number of unbranched alkanes of at least 4 members (excludes halogenated alkanes) is 3. The lowest BCUT2D eigenvalue weighted by atomic mass is 9.89. The predicted octanol–water partition coefficient (Wildman–Crippen LogP) is 3.15. The lowest BCUT2D eigenvalue weighted by Gasteiger charge is -2.14. The number of carboxylic acid groups (broad SMARTS) is 1. The second-order valence-corrected chi connectivity index (χ2v) is 6.93. The standard InChI is InChI=1S/C17H23NO4S/c19-14-11-12(7-8-15-18-9-10-23-15)13(17(14)22)5-3-1-2-4-6-16(20)21/h7-10,12-14,19H,1-6,11H2,(H,20,21). The van der Waals surface area contributed by atoms with Gasteiger partial charge in [-0.25, -0.2) is 4.98 Å². The zero-order chi connectivity index (χ0) is 16.7. The van der Waals surface area contributed by atoms with E-state index in [4.69, 9.17) is 5.11 Å². The minimum Gasteiger partial charge on any atom is -0.481 e. The Morgan fingerprint density at radius 1 is 1.35 bits per heavy atom. The van der Waals surface area contributed by atoms with E-state index < -0.39 is 12.1 Å². The number of aliphatic hydroxyl groups excluding tert-OH is 1. The molecule has 0 amide bonds. The monoisotopic (exact) mass is 337 g/mol. The minimum atomic E-state index is -0.849. The number of thiazole rings is 1. The van der Waals surface area contributed by atoms with Gasteiger partial charge in [0.1, 0.15) is 11.1 Å². The fraction of sp³-hybridized carbons (Fsp3) is 0.588. The molecule has 0 saturated heterocycles. The van der Waals surface area contributed by atoms with E-state index in [2.05, 4.69) is 4.98 Å². The summed E-state index contributed by atoms with van der Waals surface area (Å²) in [6, 6.07) is 0. The van der Waals surface area contributed by atoms with Crippen LogP contribution in [0.2, 0.25) is 0 Å². The fourth-order valence-electron chi connectivity index (χ4n) is 3.08. The number of carbonyl (C=O) groups excluding carboxylic acids is 1. The van der Waals surface area contributed by atoms with E-state index in [0.29, 0.717) is 12.8 Å². The van der Waals surface area contributed by atoms with E-state index in [1.807, 2.05) is 17.5 Å². The van der Waals surface area contributed by atoms with Crippen LogP contribution in [0.3, 0.4) is 0 Å². The molecule has 2 rings (SSSR count). The zero-order valence-corrected chi connectivity index (χ0v) is 13.9. The Kier molecular flexibility index (Phi) is 6.92. The molecule has 1 fully saturated rings. The van der Waals surface area contributed by atoms with Gasteiger partial charge in [0.15, 0.2) is 5.78 Å². The van der Waals surface area contributed by atoms with Crippen LogP contribution in [-0.2, 0) is 9.59 Å². The van der Waals surface area contributed by atoms with E-state index in [1.54, 1.807) is 17.5 Å². The van der Waals surface area contributed by atoms with Crippen molar-refractivity contribution in [3.8, 4) is 0 Å². The molecule has 1 aromatic heterocycles. The molecule has 1 aliphatic carbocycles. The van der Waals surface area contributed by atoms with Crippen molar-refractivity contribution in [2.75, 3.05) is 0 Å². The van der Waals surface area contributed by atoms with Crippen molar-refractivity contribution in [1.82, 2.24) is 4.98 Å². The molecule has 3 unspecified atom stereocenters. The van der Waals surface area contributed by atoms with Gasteiger partial charge in [-0.3, -0.25) is 9.59 Å². The molecule has 0 aromatic carbocycles. The average molecular weight is 337 g/mol. The molecule has 2 N–H and O–H groups in total. The van der Waals surface area contributed by atoms with Crippen LogP contribution in [0.25, 0.3) is 6.08 Å². The van der Waals surface area contributed by atoms with Crippen molar-refractivity contribution >= 4 is 29.2 Å². The summed E-state index contributed by atoms with van der Waals surface area (Å²) in [5.41, 5.74) is 0. The second kappa shape index (κ2) is 8.93. The maximum atomic E-state index is 12.1. The number of rotatable bonds is 9. The maximum absolute atomic E-state index is 12.1. The van der Waals surface area contributed by atoms with Crippen LogP contribution < -0.4 is 0 Å². The van der Waals surface area contributed by atoms with Crippen LogP contribution in [0, 0.1) is 11.8 Å². The number of allylic oxidation sites excluding steroid dienone is 1. The number of aliphatic carboxylic acids is 1. The van der Waals surface area contributed by atoms with Crippen molar-refractivity contribution in [2.24, 2.45) is 11.8 Å². The first-order valence-corrected chi connectivity index (χ1v) is 8.97. The van der Waals surface area contributed by atoms with E-state index in [-0.39, 0.29) is 24.0 Å². The zero-order valence-electron chi connectivity index (χ0n) is 13.1. The number of nitrogens with zero attached hydrogens (tertiary/aromatic N) is 1. The normalized spacial score (nSPS) is 24.6. The largest absolute Gasteiger partial charge is 0.481 e. The Morgan fingerprint density at radius 2 is 2.13 bits per heavy atom. The second-order valence-electron chi connectivity index (χ2n) is 6.00. The van der Waals surface area contributed by atoms with E-state index in [9.17, 15) is 14.7 Å². The molecule has 0 radical (unpaired) electrons. The van der Waals surface area contributed by atoms with Gasteiger partial charge in [0.05, 0.1) is 0 Å². The topological polar surface area (TPSA) is 87.5 Å². The van der Waals surface area contributed by atoms with Gasteiger partial charge in [-0.2, -0.15) is 0 Å². The Hall–Kier alpha value is -1.53. The Balaban J connectivity index is 1.79. The summed E-state index contributed by atoms with van der Waals surface area (Å²) < 4.78 is 0. The van der Waals surface area contributed by atoms with E-state index in [1.165, 1.54) is 0 Å². The van der Waals surface area contributed by atoms with Gasteiger partial charge in [0.25, 0.3) is 0 Å².